The van der Waals surface area contributed by atoms with Crippen LogP contribution in [0.5, 0.6) is 0 Å². The van der Waals surface area contributed by atoms with Gasteiger partial charge in [0.2, 0.25) is 0 Å². The molecule has 0 bridgehead atoms. The molecule has 0 saturated carbocycles. The van der Waals surface area contributed by atoms with E-state index in [9.17, 15) is 0 Å². The van der Waals surface area contributed by atoms with E-state index in [2.05, 4.69) is 74.5 Å². The van der Waals surface area contributed by atoms with E-state index in [0.29, 0.717) is 0 Å². The molecule has 0 N–H and O–H groups in total. The maximum Gasteiger partial charge on any atom is -0.0256 e. The molecule has 0 aliphatic heterocycles. The van der Waals surface area contributed by atoms with Gasteiger partial charge in [-0.05, 0) is 29.0 Å². The second-order valence-electron chi connectivity index (χ2n) is 5.08. The highest BCUT2D eigenvalue weighted by Gasteiger charge is 1.96. The minimum Gasteiger partial charge on any atom is -0.0625 e. The Bertz CT molecular complexity index is 489. The van der Waals surface area contributed by atoms with Gasteiger partial charge in [0.05, 0.1) is 0 Å². The molecule has 0 atom stereocenters. The molecule has 2 rings (SSSR count). The van der Waals surface area contributed by atoms with Crippen LogP contribution in [-0.2, 0) is 6.42 Å². The van der Waals surface area contributed by atoms with Crippen LogP contribution in [0.1, 0.15) is 30.5 Å². The van der Waals surface area contributed by atoms with Crippen LogP contribution in [0, 0.1) is 5.92 Å². The molecule has 0 aliphatic carbocycles. The van der Waals surface area contributed by atoms with Crippen LogP contribution >= 0.6 is 0 Å². The first-order chi connectivity index (χ1) is 8.74. The zero-order chi connectivity index (χ0) is 12.8. The minimum atomic E-state index is 0.718. The summed E-state index contributed by atoms with van der Waals surface area (Å²) in [7, 11) is 0. The Hall–Kier alpha value is -1.82. The Morgan fingerprint density at radius 3 is 1.89 bits per heavy atom. The first-order valence-corrected chi connectivity index (χ1v) is 6.56. The van der Waals surface area contributed by atoms with E-state index in [1.54, 1.807) is 0 Å². The van der Waals surface area contributed by atoms with Crippen LogP contribution < -0.4 is 0 Å². The largest absolute Gasteiger partial charge is 0.0625 e. The Kier molecular flexibility index (Phi) is 4.35. The molecule has 0 fully saturated rings. The first-order valence-electron chi connectivity index (χ1n) is 6.56. The Labute approximate surface area is 110 Å². The second kappa shape index (κ2) is 6.20. The molecule has 0 nitrogen and oxygen atoms in total. The molecule has 0 aromatic heterocycles. The lowest BCUT2D eigenvalue weighted by Gasteiger charge is -2.04. The summed E-state index contributed by atoms with van der Waals surface area (Å²) in [6.45, 7) is 4.51. The number of rotatable bonds is 4. The van der Waals surface area contributed by atoms with Gasteiger partial charge in [-0.3, -0.25) is 0 Å². The van der Waals surface area contributed by atoms with Crippen molar-refractivity contribution in [2.75, 3.05) is 0 Å². The van der Waals surface area contributed by atoms with Crippen molar-refractivity contribution in [3.05, 3.63) is 71.3 Å². The molecule has 2 aromatic carbocycles. The highest BCUT2D eigenvalue weighted by atomic mass is 14.0. The van der Waals surface area contributed by atoms with E-state index in [1.165, 1.54) is 16.7 Å². The van der Waals surface area contributed by atoms with Gasteiger partial charge in [0.25, 0.3) is 0 Å². The zero-order valence-electron chi connectivity index (χ0n) is 11.1. The molecule has 0 heteroatoms. The molecule has 18 heavy (non-hydrogen) atoms. The summed E-state index contributed by atoms with van der Waals surface area (Å²) in [5.74, 6) is 0.718. The topological polar surface area (TPSA) is 0 Å². The van der Waals surface area contributed by atoms with Gasteiger partial charge in [-0.15, -0.1) is 0 Å². The van der Waals surface area contributed by atoms with Crippen LogP contribution in [0.4, 0.5) is 0 Å². The molecule has 0 amide bonds. The smallest absolute Gasteiger partial charge is 0.0256 e. The average molecular weight is 236 g/mol. The van der Waals surface area contributed by atoms with Crippen LogP contribution in [0.3, 0.4) is 0 Å². The maximum atomic E-state index is 2.25. The van der Waals surface area contributed by atoms with Crippen LogP contribution in [-0.4, -0.2) is 0 Å². The van der Waals surface area contributed by atoms with Gasteiger partial charge in [-0.25, -0.2) is 0 Å². The molecular formula is C18H20. The fourth-order valence-corrected chi connectivity index (χ4v) is 1.99. The quantitative estimate of drug-likeness (QED) is 0.651. The summed E-state index contributed by atoms with van der Waals surface area (Å²) >= 11 is 0. The number of hydrogen-bond donors (Lipinski definition) is 0. The summed E-state index contributed by atoms with van der Waals surface area (Å²) in [4.78, 5) is 0. The van der Waals surface area contributed by atoms with Crippen molar-refractivity contribution in [1.29, 1.82) is 0 Å². The zero-order valence-corrected chi connectivity index (χ0v) is 11.1. The van der Waals surface area contributed by atoms with Crippen molar-refractivity contribution in [3.8, 4) is 0 Å². The molecular weight excluding hydrogens is 216 g/mol. The van der Waals surface area contributed by atoms with Gasteiger partial charge in [0, 0.05) is 0 Å². The minimum absolute atomic E-state index is 0.718. The predicted molar refractivity (Wildman–Crippen MR) is 80.4 cm³/mol. The summed E-state index contributed by atoms with van der Waals surface area (Å²) < 4.78 is 0. The van der Waals surface area contributed by atoms with E-state index in [0.717, 1.165) is 12.3 Å². The highest BCUT2D eigenvalue weighted by molar-refractivity contribution is 5.69. The molecule has 0 radical (unpaired) electrons. The fourth-order valence-electron chi connectivity index (χ4n) is 1.99. The maximum absolute atomic E-state index is 2.25. The van der Waals surface area contributed by atoms with Crippen molar-refractivity contribution >= 4 is 12.2 Å². The molecule has 0 saturated heterocycles. The van der Waals surface area contributed by atoms with Crippen molar-refractivity contribution in [2.45, 2.75) is 20.3 Å². The average Bonchev–Trinajstić information content (AvgIpc) is 2.38. The van der Waals surface area contributed by atoms with E-state index >= 15 is 0 Å². The van der Waals surface area contributed by atoms with Crippen molar-refractivity contribution in [1.82, 2.24) is 0 Å². The SMILES string of the molecule is CC(C)Cc1ccc(/C=C/c2ccccc2)cc1. The summed E-state index contributed by atoms with van der Waals surface area (Å²) in [6.07, 6.45) is 5.47. The van der Waals surface area contributed by atoms with Gasteiger partial charge >= 0.3 is 0 Å². The number of hydrogen-bond acceptors (Lipinski definition) is 0. The van der Waals surface area contributed by atoms with Crippen LogP contribution in [0.2, 0.25) is 0 Å². The Balaban J connectivity index is 2.04. The third-order valence-electron chi connectivity index (χ3n) is 2.89. The van der Waals surface area contributed by atoms with Crippen molar-refractivity contribution in [3.63, 3.8) is 0 Å². The molecule has 0 aliphatic rings. The van der Waals surface area contributed by atoms with E-state index in [1.807, 2.05) is 6.07 Å². The molecule has 0 unspecified atom stereocenters. The van der Waals surface area contributed by atoms with Crippen LogP contribution in [0.15, 0.2) is 54.6 Å². The molecule has 0 spiro atoms. The normalized spacial score (nSPS) is 11.3. The predicted octanol–water partition coefficient (Wildman–Crippen LogP) is 5.06. The summed E-state index contributed by atoms with van der Waals surface area (Å²) in [6, 6.07) is 19.2. The number of benzene rings is 2. The third-order valence-corrected chi connectivity index (χ3v) is 2.89. The van der Waals surface area contributed by atoms with Gasteiger partial charge < -0.3 is 0 Å². The van der Waals surface area contributed by atoms with E-state index < -0.39 is 0 Å². The summed E-state index contributed by atoms with van der Waals surface area (Å²) in [5, 5.41) is 0. The molecule has 92 valence electrons. The fraction of sp³-hybridized carbons (Fsp3) is 0.222. The van der Waals surface area contributed by atoms with E-state index in [-0.39, 0.29) is 0 Å². The van der Waals surface area contributed by atoms with Gasteiger partial charge in [-0.2, -0.15) is 0 Å². The highest BCUT2D eigenvalue weighted by Crippen LogP contribution is 2.12. The molecule has 0 heterocycles. The third kappa shape index (κ3) is 3.89. The Morgan fingerprint density at radius 1 is 0.778 bits per heavy atom. The lowest BCUT2D eigenvalue weighted by Crippen LogP contribution is -1.93. The van der Waals surface area contributed by atoms with Crippen LogP contribution in [0.25, 0.3) is 12.2 Å². The lowest BCUT2D eigenvalue weighted by atomic mass is 10.0. The standard InChI is InChI=1S/C18H20/c1-15(2)14-18-12-10-17(11-13-18)9-8-16-6-4-3-5-7-16/h3-13,15H,14H2,1-2H3/b9-8+. The van der Waals surface area contributed by atoms with E-state index in [4.69, 9.17) is 0 Å². The van der Waals surface area contributed by atoms with Crippen molar-refractivity contribution in [2.24, 2.45) is 5.92 Å². The Morgan fingerprint density at radius 2 is 1.33 bits per heavy atom. The van der Waals surface area contributed by atoms with Gasteiger partial charge in [-0.1, -0.05) is 80.6 Å². The summed E-state index contributed by atoms with van der Waals surface area (Å²) in [5.41, 5.74) is 3.91. The van der Waals surface area contributed by atoms with Crippen molar-refractivity contribution < 1.29 is 0 Å². The lowest BCUT2D eigenvalue weighted by molar-refractivity contribution is 0.647. The molecule has 2 aromatic rings. The monoisotopic (exact) mass is 236 g/mol. The van der Waals surface area contributed by atoms with Gasteiger partial charge in [0.1, 0.15) is 0 Å². The second-order valence-corrected chi connectivity index (χ2v) is 5.08. The van der Waals surface area contributed by atoms with Gasteiger partial charge in [0.15, 0.2) is 0 Å². The first kappa shape index (κ1) is 12.6.